The topological polar surface area (TPSA) is 64.9 Å². The summed E-state index contributed by atoms with van der Waals surface area (Å²) in [6, 6.07) is 0. The fraction of sp³-hybridized carbons (Fsp3) is 0.846. The molecule has 96 valence electrons. The molecule has 0 amide bonds. The van der Waals surface area contributed by atoms with Gasteiger partial charge < -0.3 is 10.3 Å². The van der Waals surface area contributed by atoms with Crippen molar-refractivity contribution in [3.63, 3.8) is 0 Å². The van der Waals surface area contributed by atoms with Gasteiger partial charge in [0.25, 0.3) is 0 Å². The third-order valence-electron chi connectivity index (χ3n) is 3.71. The summed E-state index contributed by atoms with van der Waals surface area (Å²) in [7, 11) is 0. The number of aromatic nitrogens is 2. The molecule has 0 radical (unpaired) electrons. The van der Waals surface area contributed by atoms with Crippen molar-refractivity contribution in [2.75, 3.05) is 6.54 Å². The Bertz CT molecular complexity index is 350. The Kier molecular flexibility index (Phi) is 4.15. The van der Waals surface area contributed by atoms with Crippen molar-refractivity contribution in [3.05, 3.63) is 11.7 Å². The van der Waals surface area contributed by atoms with E-state index in [0.29, 0.717) is 18.4 Å². The Balaban J connectivity index is 1.97. The Morgan fingerprint density at radius 1 is 1.47 bits per heavy atom. The monoisotopic (exact) mass is 237 g/mol. The summed E-state index contributed by atoms with van der Waals surface area (Å²) in [5.74, 6) is 3.36. The fourth-order valence-electron chi connectivity index (χ4n) is 2.57. The predicted molar refractivity (Wildman–Crippen MR) is 66.6 cm³/mol. The van der Waals surface area contributed by atoms with Gasteiger partial charge in [-0.3, -0.25) is 0 Å². The molecule has 3 unspecified atom stereocenters. The van der Waals surface area contributed by atoms with Crippen molar-refractivity contribution in [2.45, 2.75) is 51.9 Å². The largest absolute Gasteiger partial charge is 0.339 e. The van der Waals surface area contributed by atoms with Crippen molar-refractivity contribution in [2.24, 2.45) is 17.6 Å². The average molecular weight is 237 g/mol. The summed E-state index contributed by atoms with van der Waals surface area (Å²) in [5.41, 5.74) is 5.60. The molecular formula is C13H23N3O. The number of rotatable bonds is 4. The standard InChI is InChI=1S/C13H23N3O/c1-9-4-3-5-11(6-9)13-15-12(17-16-13)7-10(2)8-14/h9-11H,3-8,14H2,1-2H3. The Labute approximate surface area is 103 Å². The Morgan fingerprint density at radius 2 is 2.29 bits per heavy atom. The molecule has 4 nitrogen and oxygen atoms in total. The van der Waals surface area contributed by atoms with Crippen LogP contribution in [0.1, 0.15) is 57.2 Å². The van der Waals surface area contributed by atoms with Gasteiger partial charge in [0.05, 0.1) is 0 Å². The first kappa shape index (κ1) is 12.6. The van der Waals surface area contributed by atoms with Gasteiger partial charge in [0.2, 0.25) is 5.89 Å². The van der Waals surface area contributed by atoms with Crippen LogP contribution in [0.2, 0.25) is 0 Å². The maximum atomic E-state index is 5.60. The van der Waals surface area contributed by atoms with E-state index >= 15 is 0 Å². The van der Waals surface area contributed by atoms with E-state index in [4.69, 9.17) is 10.3 Å². The first-order valence-electron chi connectivity index (χ1n) is 6.71. The summed E-state index contributed by atoms with van der Waals surface area (Å²) >= 11 is 0. The van der Waals surface area contributed by atoms with Crippen LogP contribution in [0.3, 0.4) is 0 Å². The highest BCUT2D eigenvalue weighted by Gasteiger charge is 2.24. The van der Waals surface area contributed by atoms with Crippen LogP contribution in [-0.2, 0) is 6.42 Å². The zero-order chi connectivity index (χ0) is 12.3. The molecule has 0 saturated heterocycles. The number of nitrogens with zero attached hydrogens (tertiary/aromatic N) is 2. The molecule has 1 aliphatic carbocycles. The van der Waals surface area contributed by atoms with Crippen molar-refractivity contribution in [3.8, 4) is 0 Å². The highest BCUT2D eigenvalue weighted by atomic mass is 16.5. The lowest BCUT2D eigenvalue weighted by Crippen LogP contribution is -2.14. The van der Waals surface area contributed by atoms with Crippen LogP contribution >= 0.6 is 0 Å². The fourth-order valence-corrected chi connectivity index (χ4v) is 2.57. The van der Waals surface area contributed by atoms with Crippen LogP contribution in [0.25, 0.3) is 0 Å². The molecule has 2 N–H and O–H groups in total. The molecule has 1 fully saturated rings. The second-order valence-corrected chi connectivity index (χ2v) is 5.56. The molecule has 1 aromatic rings. The van der Waals surface area contributed by atoms with E-state index in [0.717, 1.165) is 24.1 Å². The van der Waals surface area contributed by atoms with Gasteiger partial charge in [0, 0.05) is 12.3 Å². The lowest BCUT2D eigenvalue weighted by molar-refractivity contribution is 0.317. The Hall–Kier alpha value is -0.900. The van der Waals surface area contributed by atoms with E-state index in [-0.39, 0.29) is 0 Å². The third kappa shape index (κ3) is 3.28. The minimum absolute atomic E-state index is 0.411. The number of hydrogen-bond acceptors (Lipinski definition) is 4. The molecule has 3 atom stereocenters. The molecule has 4 heteroatoms. The summed E-state index contributed by atoms with van der Waals surface area (Å²) in [6.07, 6.45) is 5.83. The van der Waals surface area contributed by atoms with Gasteiger partial charge in [0.1, 0.15) is 0 Å². The lowest BCUT2D eigenvalue weighted by atomic mass is 9.82. The van der Waals surface area contributed by atoms with Crippen LogP contribution < -0.4 is 5.73 Å². The molecule has 0 bridgehead atoms. The SMILES string of the molecule is CC(CN)Cc1nc(C2CCCC(C)C2)no1. The van der Waals surface area contributed by atoms with Gasteiger partial charge in [-0.05, 0) is 31.2 Å². The quantitative estimate of drug-likeness (QED) is 0.873. The predicted octanol–water partition coefficient (Wildman–Crippen LogP) is 2.50. The van der Waals surface area contributed by atoms with Crippen LogP contribution in [-0.4, -0.2) is 16.7 Å². The second-order valence-electron chi connectivity index (χ2n) is 5.56. The molecule has 0 aromatic carbocycles. The van der Waals surface area contributed by atoms with E-state index in [1.807, 2.05) is 0 Å². The minimum Gasteiger partial charge on any atom is -0.339 e. The van der Waals surface area contributed by atoms with E-state index in [1.165, 1.54) is 25.7 Å². The first-order chi connectivity index (χ1) is 8.19. The van der Waals surface area contributed by atoms with Crippen molar-refractivity contribution in [1.82, 2.24) is 10.1 Å². The van der Waals surface area contributed by atoms with Crippen LogP contribution in [0.15, 0.2) is 4.52 Å². The molecule has 1 saturated carbocycles. The van der Waals surface area contributed by atoms with E-state index in [2.05, 4.69) is 24.0 Å². The summed E-state index contributed by atoms with van der Waals surface area (Å²) in [5, 5.41) is 4.13. The van der Waals surface area contributed by atoms with Gasteiger partial charge in [-0.25, -0.2) is 0 Å². The second kappa shape index (κ2) is 5.63. The van der Waals surface area contributed by atoms with Gasteiger partial charge >= 0.3 is 0 Å². The number of nitrogens with two attached hydrogens (primary N) is 1. The van der Waals surface area contributed by atoms with Crippen LogP contribution in [0, 0.1) is 11.8 Å². The third-order valence-corrected chi connectivity index (χ3v) is 3.71. The van der Waals surface area contributed by atoms with E-state index < -0.39 is 0 Å². The molecule has 0 spiro atoms. The molecule has 1 heterocycles. The maximum absolute atomic E-state index is 5.60. The van der Waals surface area contributed by atoms with Gasteiger partial charge in [-0.15, -0.1) is 0 Å². The molecule has 17 heavy (non-hydrogen) atoms. The minimum atomic E-state index is 0.411. The zero-order valence-electron chi connectivity index (χ0n) is 10.9. The lowest BCUT2D eigenvalue weighted by Gasteiger charge is -2.23. The number of hydrogen-bond donors (Lipinski definition) is 1. The van der Waals surface area contributed by atoms with Gasteiger partial charge in [-0.2, -0.15) is 4.98 Å². The van der Waals surface area contributed by atoms with E-state index in [9.17, 15) is 0 Å². The smallest absolute Gasteiger partial charge is 0.226 e. The summed E-state index contributed by atoms with van der Waals surface area (Å²) in [6.45, 7) is 5.08. The normalized spacial score (nSPS) is 27.0. The van der Waals surface area contributed by atoms with Crippen LogP contribution in [0.5, 0.6) is 0 Å². The summed E-state index contributed by atoms with van der Waals surface area (Å²) in [4.78, 5) is 4.52. The molecule has 2 rings (SSSR count). The highest BCUT2D eigenvalue weighted by molar-refractivity contribution is 4.98. The first-order valence-corrected chi connectivity index (χ1v) is 6.71. The van der Waals surface area contributed by atoms with Gasteiger partial charge in [0.15, 0.2) is 5.82 Å². The van der Waals surface area contributed by atoms with Crippen molar-refractivity contribution < 1.29 is 4.52 Å². The highest BCUT2D eigenvalue weighted by Crippen LogP contribution is 2.34. The molecular weight excluding hydrogens is 214 g/mol. The van der Waals surface area contributed by atoms with Crippen molar-refractivity contribution >= 4 is 0 Å². The van der Waals surface area contributed by atoms with Crippen molar-refractivity contribution in [1.29, 1.82) is 0 Å². The molecule has 1 aromatic heterocycles. The average Bonchev–Trinajstić information content (AvgIpc) is 2.77. The van der Waals surface area contributed by atoms with Crippen LogP contribution in [0.4, 0.5) is 0 Å². The molecule has 0 aliphatic heterocycles. The molecule has 1 aliphatic rings. The summed E-state index contributed by atoms with van der Waals surface area (Å²) < 4.78 is 5.31. The zero-order valence-corrected chi connectivity index (χ0v) is 10.9. The van der Waals surface area contributed by atoms with Gasteiger partial charge in [-0.1, -0.05) is 31.8 Å². The Morgan fingerprint density at radius 3 is 3.00 bits per heavy atom. The maximum Gasteiger partial charge on any atom is 0.226 e. The van der Waals surface area contributed by atoms with E-state index in [1.54, 1.807) is 0 Å².